The Bertz CT molecular complexity index is 1680. The van der Waals surface area contributed by atoms with Gasteiger partial charge in [0.1, 0.15) is 48.5 Å². The van der Waals surface area contributed by atoms with Crippen LogP contribution in [0, 0.1) is 0 Å². The lowest BCUT2D eigenvalue weighted by atomic mass is 10.0. The Balaban J connectivity index is 0.0000124. The quantitative estimate of drug-likeness (QED) is 0.0380. The number of benzene rings is 3. The summed E-state index contributed by atoms with van der Waals surface area (Å²) in [5, 5.41) is 11.2. The summed E-state index contributed by atoms with van der Waals surface area (Å²) in [6, 6.07) is 31.3. The van der Waals surface area contributed by atoms with Gasteiger partial charge in [-0.15, -0.1) is 0 Å². The van der Waals surface area contributed by atoms with Gasteiger partial charge in [-0.2, -0.15) is 0 Å². The molecule has 0 unspecified atom stereocenters. The highest BCUT2D eigenvalue weighted by Gasteiger charge is 2.44. The molecule has 328 valence electrons. The van der Waals surface area contributed by atoms with Gasteiger partial charge in [-0.3, -0.25) is 24.0 Å². The Labute approximate surface area is 390 Å². The van der Waals surface area contributed by atoms with E-state index in [0.29, 0.717) is 12.8 Å². The molecule has 0 fully saturated rings. The van der Waals surface area contributed by atoms with Gasteiger partial charge in [0.05, 0.1) is 19.0 Å². The van der Waals surface area contributed by atoms with Crippen molar-refractivity contribution in [2.24, 2.45) is 0 Å². The Morgan fingerprint density at radius 2 is 0.933 bits per heavy atom. The topological polar surface area (TPSA) is 166 Å². The molecule has 0 aliphatic carbocycles. The number of carbonyl (C=O) groups is 6. The fourth-order valence-corrected chi connectivity index (χ4v) is 10.7. The lowest BCUT2D eigenvalue weighted by molar-refractivity contribution is -0.158. The number of unbranched alkanes of at least 4 members (excludes halogenated alkanes) is 2. The first kappa shape index (κ1) is 53.3. The van der Waals surface area contributed by atoms with E-state index < -0.39 is 82.8 Å². The Morgan fingerprint density at radius 3 is 1.32 bits per heavy atom. The number of hydrogen-bond acceptors (Lipinski definition) is 9. The zero-order valence-corrected chi connectivity index (χ0v) is 39.2. The van der Waals surface area contributed by atoms with E-state index in [-0.39, 0.29) is 49.3 Å². The van der Waals surface area contributed by atoms with E-state index in [1.807, 2.05) is 54.6 Å². The van der Waals surface area contributed by atoms with Crippen molar-refractivity contribution in [1.29, 1.82) is 0 Å². The molecule has 60 heavy (non-hydrogen) atoms. The first-order chi connectivity index (χ1) is 28.2. The Morgan fingerprint density at radius 1 is 0.533 bits per heavy atom. The van der Waals surface area contributed by atoms with Crippen LogP contribution in [-0.2, 0) is 43.0 Å². The van der Waals surface area contributed by atoms with Gasteiger partial charge in [-0.25, -0.2) is 4.79 Å². The predicted octanol–water partition coefficient (Wildman–Crippen LogP) is 2.45. The normalized spacial score (nSPS) is 11.3. The van der Waals surface area contributed by atoms with Crippen LogP contribution in [0.15, 0.2) is 91.0 Å². The number of carbonyl (C=O) groups excluding carboxylic acids is 6. The number of nitrogens with one attached hydrogen (secondary N) is 3. The van der Waals surface area contributed by atoms with Crippen molar-refractivity contribution in [3.63, 3.8) is 0 Å². The van der Waals surface area contributed by atoms with Gasteiger partial charge in [0.25, 0.3) is 11.8 Å². The van der Waals surface area contributed by atoms with Gasteiger partial charge in [0.15, 0.2) is 9.67 Å². The number of alkyl halides is 6. The fraction of sp³-hybridized carbons (Fsp3) is 0.400. The minimum Gasteiger partial charge on any atom is -1.00 e. The van der Waals surface area contributed by atoms with E-state index >= 15 is 0 Å². The lowest BCUT2D eigenvalue weighted by Crippen LogP contribution is -3.00. The first-order valence-corrected chi connectivity index (χ1v) is 23.0. The maximum Gasteiger partial charge on any atom is 0.339 e. The van der Waals surface area contributed by atoms with Crippen LogP contribution in [0.1, 0.15) is 38.5 Å². The van der Waals surface area contributed by atoms with E-state index in [1.165, 1.54) is 15.9 Å². The third-order valence-corrected chi connectivity index (χ3v) is 14.4. The van der Waals surface area contributed by atoms with Crippen LogP contribution in [0.3, 0.4) is 0 Å². The largest absolute Gasteiger partial charge is 1.00 e. The van der Waals surface area contributed by atoms with Gasteiger partial charge < -0.3 is 47.1 Å². The summed E-state index contributed by atoms with van der Waals surface area (Å²) in [4.78, 5) is 70.6. The molecule has 0 bridgehead atoms. The van der Waals surface area contributed by atoms with Crippen LogP contribution in [0.2, 0.25) is 0 Å². The van der Waals surface area contributed by atoms with Crippen LogP contribution >= 0.6 is 76.9 Å². The van der Waals surface area contributed by atoms with Crippen LogP contribution in [0.25, 0.3) is 0 Å². The molecule has 0 aliphatic heterocycles. The van der Waals surface area contributed by atoms with E-state index in [9.17, 15) is 28.8 Å². The van der Waals surface area contributed by atoms with Crippen molar-refractivity contribution in [3.05, 3.63) is 91.0 Å². The van der Waals surface area contributed by atoms with Crippen LogP contribution in [-0.4, -0.2) is 94.7 Å². The molecule has 0 aromatic heterocycles. The summed E-state index contributed by atoms with van der Waals surface area (Å²) < 4.78 is 16.1. The van der Waals surface area contributed by atoms with Crippen LogP contribution in [0.4, 0.5) is 0 Å². The van der Waals surface area contributed by atoms with E-state index in [1.54, 1.807) is 0 Å². The van der Waals surface area contributed by atoms with Crippen molar-refractivity contribution in [1.82, 2.24) is 16.0 Å². The Hall–Kier alpha value is -2.87. The molecule has 0 atom stereocenters. The van der Waals surface area contributed by atoms with E-state index in [0.717, 1.165) is 12.6 Å². The molecule has 0 heterocycles. The SMILES string of the molecule is O=C(CCCCC[P+](c1ccccc1)(c1ccccc1)c1ccccc1)NC(COC(=O)CCNC(=O)C(Cl)Cl)(COC(=O)CCNC(=O)C(Cl)Cl)COC(=O)C(Cl)Cl.[Br-]. The molecule has 12 nitrogen and oxygen atoms in total. The molecule has 0 radical (unpaired) electrons. The van der Waals surface area contributed by atoms with Crippen molar-refractivity contribution in [3.8, 4) is 0 Å². The summed E-state index contributed by atoms with van der Waals surface area (Å²) in [6.07, 6.45) is 2.08. The van der Waals surface area contributed by atoms with E-state index in [4.69, 9.17) is 83.8 Å². The number of halogens is 7. The smallest absolute Gasteiger partial charge is 0.339 e. The highest BCUT2D eigenvalue weighted by Crippen LogP contribution is 2.56. The first-order valence-electron chi connectivity index (χ1n) is 18.4. The third kappa shape index (κ3) is 17.8. The molecular formula is C40H45BrCl6N3O9P. The lowest BCUT2D eigenvalue weighted by Gasteiger charge is -2.33. The van der Waals surface area contributed by atoms with Crippen LogP contribution in [0.5, 0.6) is 0 Å². The molecule has 0 spiro atoms. The molecule has 3 N–H and O–H groups in total. The van der Waals surface area contributed by atoms with Gasteiger partial charge in [-0.05, 0) is 55.7 Å². The number of ether oxygens (including phenoxy) is 3. The number of amides is 3. The van der Waals surface area contributed by atoms with Crippen molar-refractivity contribution in [2.75, 3.05) is 39.1 Å². The minimum atomic E-state index is -2.09. The molecule has 0 saturated heterocycles. The highest BCUT2D eigenvalue weighted by molar-refractivity contribution is 7.95. The molecule has 3 rings (SSSR count). The highest BCUT2D eigenvalue weighted by atomic mass is 79.9. The average Bonchev–Trinajstić information content (AvgIpc) is 3.23. The summed E-state index contributed by atoms with van der Waals surface area (Å²) in [6.45, 7) is -2.35. The molecular weight excluding hydrogens is 990 g/mol. The van der Waals surface area contributed by atoms with Gasteiger partial charge in [0.2, 0.25) is 10.7 Å². The van der Waals surface area contributed by atoms with Crippen molar-refractivity contribution >= 4 is 128 Å². The average molecular weight is 1040 g/mol. The number of hydrogen-bond donors (Lipinski definition) is 3. The zero-order chi connectivity index (χ0) is 43.3. The Kier molecular flexibility index (Phi) is 24.8. The second-order valence-electron chi connectivity index (χ2n) is 13.1. The van der Waals surface area contributed by atoms with Gasteiger partial charge >= 0.3 is 17.9 Å². The minimum absolute atomic E-state index is 0. The molecule has 20 heteroatoms. The summed E-state index contributed by atoms with van der Waals surface area (Å²) in [5.74, 6) is -4.73. The van der Waals surface area contributed by atoms with E-state index in [2.05, 4.69) is 52.3 Å². The maximum atomic E-state index is 13.6. The van der Waals surface area contributed by atoms with Crippen LogP contribution < -0.4 is 48.8 Å². The molecule has 3 aromatic rings. The number of esters is 3. The van der Waals surface area contributed by atoms with Gasteiger partial charge in [0, 0.05) is 19.5 Å². The molecule has 3 amide bonds. The molecule has 3 aromatic carbocycles. The van der Waals surface area contributed by atoms with Gasteiger partial charge in [-0.1, -0.05) is 124 Å². The molecule has 0 aliphatic rings. The zero-order valence-electron chi connectivity index (χ0n) is 32.1. The second-order valence-corrected chi connectivity index (χ2v) is 20.0. The standard InChI is InChI=1S/C40H44Cl6N3O9P.BrH/c41-34(42)37(53)47-22-20-32(51)56-25-40(27-58-39(55)36(45)46,26-57-33(52)21-23-48-38(54)35(43)44)49-31(50)19-11-4-12-24-59(28-13-5-1-6-14-28,29-15-7-2-8-16-29)30-17-9-3-10-18-30;/h1-3,5-10,13-18,34-36H,4,11-12,19-27H2,(H2-,47,48,49,50,53,54);1H. The maximum absolute atomic E-state index is 13.6. The fourth-order valence-electron chi connectivity index (χ4n) is 5.87. The monoisotopic (exact) mass is 1030 g/mol. The predicted molar refractivity (Wildman–Crippen MR) is 234 cm³/mol. The summed E-state index contributed by atoms with van der Waals surface area (Å²) in [7, 11) is -2.09. The third-order valence-electron chi connectivity index (χ3n) is 8.73. The number of rotatable bonds is 25. The summed E-state index contributed by atoms with van der Waals surface area (Å²) in [5.41, 5.74) is -1.82. The van der Waals surface area contributed by atoms with Crippen molar-refractivity contribution in [2.45, 2.75) is 58.6 Å². The second kappa shape index (κ2) is 27.9. The molecule has 0 saturated carbocycles. The summed E-state index contributed by atoms with van der Waals surface area (Å²) >= 11 is 33.5. The van der Waals surface area contributed by atoms with Crippen molar-refractivity contribution < 1.29 is 60.0 Å².